The number of morpholine rings is 1. The van der Waals surface area contributed by atoms with Crippen molar-refractivity contribution >= 4 is 17.5 Å². The molecule has 1 saturated heterocycles. The molecular weight excluding hydrogens is 423 g/mol. The minimum absolute atomic E-state index is 0.0207. The second-order valence-corrected chi connectivity index (χ2v) is 8.75. The van der Waals surface area contributed by atoms with Crippen LogP contribution in [-0.4, -0.2) is 53.6 Å². The van der Waals surface area contributed by atoms with Crippen molar-refractivity contribution < 1.29 is 18.7 Å². The third kappa shape index (κ3) is 3.60. The Bertz CT molecular complexity index is 1210. The molecule has 1 aromatic heterocycles. The van der Waals surface area contributed by atoms with Gasteiger partial charge < -0.3 is 19.3 Å². The van der Waals surface area contributed by atoms with Gasteiger partial charge in [-0.1, -0.05) is 18.2 Å². The van der Waals surface area contributed by atoms with E-state index in [1.54, 1.807) is 30.6 Å². The number of carbonyl (C=O) groups excluding carboxylic acids is 1. The summed E-state index contributed by atoms with van der Waals surface area (Å²) in [6, 6.07) is 12.2. The second kappa shape index (κ2) is 7.81. The predicted molar refractivity (Wildman–Crippen MR) is 120 cm³/mol. The third-order valence-electron chi connectivity index (χ3n) is 6.64. The van der Waals surface area contributed by atoms with E-state index in [1.807, 2.05) is 17.0 Å². The first kappa shape index (κ1) is 20.1. The van der Waals surface area contributed by atoms with E-state index in [0.717, 1.165) is 25.1 Å². The summed E-state index contributed by atoms with van der Waals surface area (Å²) in [6.45, 7) is 3.14. The van der Waals surface area contributed by atoms with E-state index in [-0.39, 0.29) is 17.1 Å². The summed E-state index contributed by atoms with van der Waals surface area (Å²) in [5.74, 6) is 0.608. The number of anilines is 2. The van der Waals surface area contributed by atoms with E-state index in [1.165, 1.54) is 11.6 Å². The highest BCUT2D eigenvalue weighted by molar-refractivity contribution is 5.96. The molecule has 1 amide bonds. The van der Waals surface area contributed by atoms with Gasteiger partial charge in [-0.15, -0.1) is 0 Å². The number of hydrogen-bond acceptors (Lipinski definition) is 6. The summed E-state index contributed by atoms with van der Waals surface area (Å²) in [6.07, 6.45) is 5.33. The van der Waals surface area contributed by atoms with Crippen LogP contribution < -0.4 is 9.64 Å². The third-order valence-corrected chi connectivity index (χ3v) is 6.64. The van der Waals surface area contributed by atoms with Gasteiger partial charge in [-0.2, -0.15) is 0 Å². The summed E-state index contributed by atoms with van der Waals surface area (Å²) >= 11 is 0. The van der Waals surface area contributed by atoms with Crippen LogP contribution in [0.5, 0.6) is 11.5 Å². The average molecular weight is 446 g/mol. The zero-order valence-electron chi connectivity index (χ0n) is 18.0. The average Bonchev–Trinajstić information content (AvgIpc) is 3.57. The van der Waals surface area contributed by atoms with Crippen molar-refractivity contribution in [1.82, 2.24) is 14.9 Å². The van der Waals surface area contributed by atoms with E-state index in [0.29, 0.717) is 43.6 Å². The number of halogens is 1. The number of hydrogen-bond donors (Lipinski definition) is 0. The Hall–Kier alpha value is -3.52. The molecule has 1 aliphatic carbocycles. The van der Waals surface area contributed by atoms with Crippen LogP contribution in [0.1, 0.15) is 28.8 Å². The van der Waals surface area contributed by atoms with Crippen LogP contribution >= 0.6 is 0 Å². The lowest BCUT2D eigenvalue weighted by atomic mass is 9.97. The molecule has 1 spiro atoms. The molecule has 3 aliphatic rings. The van der Waals surface area contributed by atoms with Gasteiger partial charge in [0.2, 0.25) is 5.95 Å². The molecule has 0 bridgehead atoms. The van der Waals surface area contributed by atoms with E-state index >= 15 is 0 Å². The highest BCUT2D eigenvalue weighted by atomic mass is 19.1. The minimum Gasteiger partial charge on any atom is -0.451 e. The first-order valence-electron chi connectivity index (χ1n) is 11.2. The van der Waals surface area contributed by atoms with Crippen molar-refractivity contribution in [3.05, 3.63) is 71.8 Å². The smallest absolute Gasteiger partial charge is 0.254 e. The lowest BCUT2D eigenvalue weighted by molar-refractivity contribution is 0.0303. The quantitative estimate of drug-likeness (QED) is 0.602. The van der Waals surface area contributed by atoms with Gasteiger partial charge in [-0.25, -0.2) is 14.4 Å². The van der Waals surface area contributed by atoms with Gasteiger partial charge in [0.1, 0.15) is 0 Å². The molecule has 0 N–H and O–H groups in total. The van der Waals surface area contributed by atoms with Crippen molar-refractivity contribution in [3.63, 3.8) is 0 Å². The molecule has 33 heavy (non-hydrogen) atoms. The molecule has 7 nitrogen and oxygen atoms in total. The van der Waals surface area contributed by atoms with E-state index in [4.69, 9.17) is 9.47 Å². The van der Waals surface area contributed by atoms with Gasteiger partial charge in [0.05, 0.1) is 25.6 Å². The molecule has 0 atom stereocenters. The lowest BCUT2D eigenvalue weighted by Crippen LogP contribution is -2.40. The van der Waals surface area contributed by atoms with Crippen LogP contribution in [0.3, 0.4) is 0 Å². The van der Waals surface area contributed by atoms with Gasteiger partial charge in [0, 0.05) is 36.3 Å². The summed E-state index contributed by atoms with van der Waals surface area (Å²) in [5.41, 5.74) is 3.00. The first-order chi connectivity index (χ1) is 16.1. The number of nitrogens with zero attached hydrogens (tertiary/aromatic N) is 4. The molecular formula is C25H23FN4O3. The molecule has 0 radical (unpaired) electrons. The van der Waals surface area contributed by atoms with Crippen molar-refractivity contribution in [2.45, 2.75) is 18.3 Å². The Labute approximate surface area is 190 Å². The fourth-order valence-electron chi connectivity index (χ4n) is 4.67. The van der Waals surface area contributed by atoms with Gasteiger partial charge in [0.15, 0.2) is 17.3 Å². The summed E-state index contributed by atoms with van der Waals surface area (Å²) in [7, 11) is 0. The molecule has 3 heterocycles. The van der Waals surface area contributed by atoms with Gasteiger partial charge in [-0.05, 0) is 42.7 Å². The van der Waals surface area contributed by atoms with E-state index in [2.05, 4.69) is 20.9 Å². The molecule has 6 rings (SSSR count). The second-order valence-electron chi connectivity index (χ2n) is 8.75. The molecule has 3 aromatic rings. The molecule has 1 saturated carbocycles. The number of ether oxygens (including phenoxy) is 2. The number of para-hydroxylation sites is 1. The van der Waals surface area contributed by atoms with E-state index in [9.17, 15) is 9.18 Å². The number of amides is 1. The van der Waals surface area contributed by atoms with Crippen LogP contribution in [-0.2, 0) is 10.2 Å². The van der Waals surface area contributed by atoms with Gasteiger partial charge in [-0.3, -0.25) is 4.79 Å². The normalized spacial score (nSPS) is 18.3. The standard InChI is InChI=1S/C25H23FN4O3/c26-20-3-1-2-4-22(20)33-18-14-27-24(28-15-18)30-16-25(7-8-25)19-6-5-17(13-21(19)30)23(31)29-9-11-32-12-10-29/h1-6,13-15H,7-12,16H2. The number of rotatable bonds is 4. The number of aromatic nitrogens is 2. The van der Waals surface area contributed by atoms with Crippen molar-refractivity contribution in [2.75, 3.05) is 37.7 Å². The molecule has 0 unspecified atom stereocenters. The molecule has 2 aromatic carbocycles. The maximum Gasteiger partial charge on any atom is 0.254 e. The monoisotopic (exact) mass is 446 g/mol. The van der Waals surface area contributed by atoms with E-state index < -0.39 is 5.82 Å². The lowest BCUT2D eigenvalue weighted by Gasteiger charge is -2.27. The van der Waals surface area contributed by atoms with Crippen LogP contribution in [0, 0.1) is 5.82 Å². The SMILES string of the molecule is O=C(c1ccc2c(c1)N(c1ncc(Oc3ccccc3F)cn1)CC21CC1)N1CCOCC1. The molecule has 168 valence electrons. The predicted octanol–water partition coefficient (Wildman–Crippen LogP) is 4.06. The zero-order chi connectivity index (χ0) is 22.4. The summed E-state index contributed by atoms with van der Waals surface area (Å²) in [4.78, 5) is 25.9. The van der Waals surface area contributed by atoms with Crippen molar-refractivity contribution in [2.24, 2.45) is 0 Å². The minimum atomic E-state index is -0.441. The molecule has 8 heteroatoms. The Morgan fingerprint density at radius 1 is 1.06 bits per heavy atom. The number of fused-ring (bicyclic) bond motifs is 2. The highest BCUT2D eigenvalue weighted by Gasteiger charge is 2.52. The van der Waals surface area contributed by atoms with Gasteiger partial charge >= 0.3 is 0 Å². The molecule has 2 aliphatic heterocycles. The Balaban J connectivity index is 1.28. The summed E-state index contributed by atoms with van der Waals surface area (Å²) in [5, 5.41) is 0. The van der Waals surface area contributed by atoms with Crippen molar-refractivity contribution in [1.29, 1.82) is 0 Å². The zero-order valence-corrected chi connectivity index (χ0v) is 18.0. The highest BCUT2D eigenvalue weighted by Crippen LogP contribution is 2.57. The maximum atomic E-state index is 13.9. The van der Waals surface area contributed by atoms with Crippen molar-refractivity contribution in [3.8, 4) is 11.5 Å². The van der Waals surface area contributed by atoms with Crippen LogP contribution in [0.2, 0.25) is 0 Å². The largest absolute Gasteiger partial charge is 0.451 e. The fourth-order valence-corrected chi connectivity index (χ4v) is 4.67. The number of benzene rings is 2. The first-order valence-corrected chi connectivity index (χ1v) is 11.2. The Kier molecular flexibility index (Phi) is 4.76. The van der Waals surface area contributed by atoms with Gasteiger partial charge in [0.25, 0.3) is 5.91 Å². The van der Waals surface area contributed by atoms with Crippen LogP contribution in [0.4, 0.5) is 16.0 Å². The summed E-state index contributed by atoms with van der Waals surface area (Å²) < 4.78 is 24.8. The Morgan fingerprint density at radius 3 is 2.55 bits per heavy atom. The number of carbonyl (C=O) groups is 1. The Morgan fingerprint density at radius 2 is 1.82 bits per heavy atom. The van der Waals surface area contributed by atoms with Crippen LogP contribution in [0.25, 0.3) is 0 Å². The molecule has 2 fully saturated rings. The fraction of sp³-hybridized carbons (Fsp3) is 0.320. The topological polar surface area (TPSA) is 67.8 Å². The maximum absolute atomic E-state index is 13.9. The van der Waals surface area contributed by atoms with Crippen LogP contribution in [0.15, 0.2) is 54.9 Å².